The summed E-state index contributed by atoms with van der Waals surface area (Å²) in [4.78, 5) is 12.6. The monoisotopic (exact) mass is 386 g/mol. The van der Waals surface area contributed by atoms with Gasteiger partial charge in [-0.05, 0) is 24.6 Å². The molecular weight excluding hydrogens is 364 g/mol. The van der Waals surface area contributed by atoms with E-state index in [2.05, 4.69) is 63.5 Å². The molecule has 0 bridgehead atoms. The quantitative estimate of drug-likeness (QED) is 0.733. The van der Waals surface area contributed by atoms with Gasteiger partial charge in [-0.3, -0.25) is 9.88 Å². The molecule has 1 aliphatic heterocycles. The van der Waals surface area contributed by atoms with Crippen LogP contribution in [0.5, 0.6) is 0 Å². The zero-order valence-electron chi connectivity index (χ0n) is 14.8. The topological polar surface area (TPSA) is 41.1 Å². The summed E-state index contributed by atoms with van der Waals surface area (Å²) in [7, 11) is 0. The van der Waals surface area contributed by atoms with Gasteiger partial charge in [-0.25, -0.2) is 4.98 Å². The van der Waals surface area contributed by atoms with Crippen LogP contribution in [0.4, 0.5) is 0 Å². The number of hydrogen-bond donors (Lipinski definition) is 1. The molecule has 0 radical (unpaired) electrons. The first-order chi connectivity index (χ1) is 12.3. The fourth-order valence-corrected chi connectivity index (χ4v) is 4.20. The van der Waals surface area contributed by atoms with Gasteiger partial charge in [-0.1, -0.05) is 29.8 Å². The van der Waals surface area contributed by atoms with E-state index < -0.39 is 0 Å². The molecule has 26 heavy (non-hydrogen) atoms. The van der Waals surface area contributed by atoms with Crippen molar-refractivity contribution in [2.75, 3.05) is 19.6 Å². The lowest BCUT2D eigenvalue weighted by Crippen LogP contribution is -2.45. The molecule has 3 aromatic rings. The third-order valence-corrected chi connectivity index (χ3v) is 5.69. The van der Waals surface area contributed by atoms with Gasteiger partial charge in [-0.2, -0.15) is 0 Å². The highest BCUT2D eigenvalue weighted by atomic mass is 35.5. The fourth-order valence-electron chi connectivity index (χ4n) is 3.26. The summed E-state index contributed by atoms with van der Waals surface area (Å²) in [5, 5.41) is 4.61. The van der Waals surface area contributed by atoms with Gasteiger partial charge in [0.2, 0.25) is 0 Å². The van der Waals surface area contributed by atoms with Crippen LogP contribution in [0.1, 0.15) is 22.0 Å². The van der Waals surface area contributed by atoms with Crippen LogP contribution in [0.15, 0.2) is 55.0 Å². The third-order valence-electron chi connectivity index (χ3n) is 4.66. The fraction of sp³-hybridized carbons (Fsp3) is 0.300. The van der Waals surface area contributed by atoms with Crippen molar-refractivity contribution in [1.82, 2.24) is 20.2 Å². The molecule has 0 amide bonds. The zero-order chi connectivity index (χ0) is 17.1. The summed E-state index contributed by atoms with van der Waals surface area (Å²) in [6.45, 7) is 6.11. The molecule has 1 atom stereocenters. The number of hydrogen-bond acceptors (Lipinski definition) is 5. The maximum Gasteiger partial charge on any atom is 0.123 e. The Morgan fingerprint density at radius 3 is 2.69 bits per heavy atom. The van der Waals surface area contributed by atoms with E-state index in [1.165, 1.54) is 21.6 Å². The Morgan fingerprint density at radius 2 is 1.92 bits per heavy atom. The molecule has 1 aromatic carbocycles. The standard InChI is InChI=1S/C20H22N4S.ClH/c1-15-2-4-17(5-3-15)20-23-12-18(25-20)14-24-11-10-22-13-19(24)16-6-8-21-9-7-16;/h2-9,12,19,22H,10-11,13-14H2,1H3;1H. The molecule has 0 spiro atoms. The Kier molecular flexibility index (Phi) is 6.38. The van der Waals surface area contributed by atoms with Gasteiger partial charge in [0.1, 0.15) is 5.01 Å². The number of nitrogens with zero attached hydrogens (tertiary/aromatic N) is 3. The lowest BCUT2D eigenvalue weighted by atomic mass is 10.0. The Balaban J connectivity index is 0.00000196. The molecule has 0 saturated carbocycles. The van der Waals surface area contributed by atoms with Crippen LogP contribution in [0.2, 0.25) is 0 Å². The number of benzene rings is 1. The molecule has 2 aromatic heterocycles. The van der Waals surface area contributed by atoms with E-state index in [1.807, 2.05) is 18.6 Å². The van der Waals surface area contributed by atoms with Crippen molar-refractivity contribution in [3.63, 3.8) is 0 Å². The van der Waals surface area contributed by atoms with Crippen LogP contribution in [-0.4, -0.2) is 34.5 Å². The van der Waals surface area contributed by atoms with Crippen LogP contribution >= 0.6 is 23.7 Å². The van der Waals surface area contributed by atoms with Gasteiger partial charge in [0, 0.05) is 61.3 Å². The summed E-state index contributed by atoms with van der Waals surface area (Å²) in [5.74, 6) is 0. The van der Waals surface area contributed by atoms with E-state index in [0.717, 1.165) is 31.2 Å². The normalized spacial score (nSPS) is 17.7. The lowest BCUT2D eigenvalue weighted by molar-refractivity contribution is 0.155. The minimum atomic E-state index is 0. The van der Waals surface area contributed by atoms with E-state index in [0.29, 0.717) is 6.04 Å². The highest BCUT2D eigenvalue weighted by Crippen LogP contribution is 2.29. The number of aromatic nitrogens is 2. The number of nitrogens with one attached hydrogen (secondary N) is 1. The number of piperazine rings is 1. The van der Waals surface area contributed by atoms with Crippen molar-refractivity contribution >= 4 is 23.7 Å². The van der Waals surface area contributed by atoms with Gasteiger partial charge < -0.3 is 5.32 Å². The van der Waals surface area contributed by atoms with Gasteiger partial charge in [0.15, 0.2) is 0 Å². The number of rotatable bonds is 4. The predicted molar refractivity (Wildman–Crippen MR) is 110 cm³/mol. The second-order valence-electron chi connectivity index (χ2n) is 6.47. The molecule has 0 aliphatic carbocycles. The first kappa shape index (κ1) is 19.0. The van der Waals surface area contributed by atoms with E-state index in [1.54, 1.807) is 11.3 Å². The van der Waals surface area contributed by atoms with Crippen LogP contribution in [0.25, 0.3) is 10.6 Å². The van der Waals surface area contributed by atoms with Gasteiger partial charge >= 0.3 is 0 Å². The molecule has 4 rings (SSSR count). The minimum Gasteiger partial charge on any atom is -0.314 e. The first-order valence-electron chi connectivity index (χ1n) is 8.66. The van der Waals surface area contributed by atoms with Gasteiger partial charge in [0.05, 0.1) is 0 Å². The number of aryl methyl sites for hydroxylation is 1. The third kappa shape index (κ3) is 4.30. The molecule has 1 fully saturated rings. The lowest BCUT2D eigenvalue weighted by Gasteiger charge is -2.36. The van der Waals surface area contributed by atoms with Crippen molar-refractivity contribution in [2.45, 2.75) is 19.5 Å². The van der Waals surface area contributed by atoms with Gasteiger partial charge in [-0.15, -0.1) is 23.7 Å². The molecular formula is C20H23ClN4S. The summed E-state index contributed by atoms with van der Waals surface area (Å²) in [6.07, 6.45) is 5.79. The molecule has 1 unspecified atom stereocenters. The summed E-state index contributed by atoms with van der Waals surface area (Å²) >= 11 is 1.80. The molecule has 6 heteroatoms. The average Bonchev–Trinajstić information content (AvgIpc) is 3.12. The second-order valence-corrected chi connectivity index (χ2v) is 7.58. The highest BCUT2D eigenvalue weighted by Gasteiger charge is 2.24. The largest absolute Gasteiger partial charge is 0.314 e. The second kappa shape index (κ2) is 8.73. The molecule has 4 nitrogen and oxygen atoms in total. The van der Waals surface area contributed by atoms with Crippen molar-refractivity contribution in [3.8, 4) is 10.6 Å². The van der Waals surface area contributed by atoms with Crippen LogP contribution in [0, 0.1) is 6.92 Å². The Hall–Kier alpha value is -1.79. The minimum absolute atomic E-state index is 0. The van der Waals surface area contributed by atoms with Crippen molar-refractivity contribution < 1.29 is 0 Å². The van der Waals surface area contributed by atoms with Crippen molar-refractivity contribution in [3.05, 3.63) is 71.0 Å². The smallest absolute Gasteiger partial charge is 0.123 e. The number of thiazole rings is 1. The Morgan fingerprint density at radius 1 is 1.15 bits per heavy atom. The van der Waals surface area contributed by atoms with E-state index in [4.69, 9.17) is 0 Å². The van der Waals surface area contributed by atoms with E-state index in [9.17, 15) is 0 Å². The van der Waals surface area contributed by atoms with Gasteiger partial charge in [0.25, 0.3) is 0 Å². The van der Waals surface area contributed by atoms with Crippen LogP contribution in [-0.2, 0) is 6.54 Å². The molecule has 1 N–H and O–H groups in total. The zero-order valence-corrected chi connectivity index (χ0v) is 16.4. The SMILES string of the molecule is Cc1ccc(-c2ncc(CN3CCNCC3c3ccncc3)s2)cc1.Cl. The Bertz CT molecular complexity index is 819. The number of halogens is 1. The van der Waals surface area contributed by atoms with E-state index in [-0.39, 0.29) is 12.4 Å². The maximum absolute atomic E-state index is 4.65. The molecule has 3 heterocycles. The average molecular weight is 387 g/mol. The molecule has 1 saturated heterocycles. The first-order valence-corrected chi connectivity index (χ1v) is 9.48. The van der Waals surface area contributed by atoms with Crippen molar-refractivity contribution in [2.24, 2.45) is 0 Å². The molecule has 1 aliphatic rings. The number of pyridine rings is 1. The predicted octanol–water partition coefficient (Wildman–Crippen LogP) is 4.08. The molecule has 136 valence electrons. The van der Waals surface area contributed by atoms with E-state index >= 15 is 0 Å². The van der Waals surface area contributed by atoms with Crippen LogP contribution < -0.4 is 5.32 Å². The van der Waals surface area contributed by atoms with Crippen molar-refractivity contribution in [1.29, 1.82) is 0 Å². The Labute approximate surface area is 164 Å². The highest BCUT2D eigenvalue weighted by molar-refractivity contribution is 7.15. The maximum atomic E-state index is 4.65. The summed E-state index contributed by atoms with van der Waals surface area (Å²) < 4.78 is 0. The summed E-state index contributed by atoms with van der Waals surface area (Å²) in [5.41, 5.74) is 3.81. The summed E-state index contributed by atoms with van der Waals surface area (Å²) in [6, 6.07) is 13.2. The van der Waals surface area contributed by atoms with Crippen LogP contribution in [0.3, 0.4) is 0 Å².